The maximum Gasteiger partial charge on any atom is 0.252 e. The molecule has 33 heavy (non-hydrogen) atoms. The lowest BCUT2D eigenvalue weighted by Crippen LogP contribution is -2.55. The highest BCUT2D eigenvalue weighted by atomic mass is 32.2. The SMILES string of the molecule is C[C@H](NC(=O)c1ccccc1SCC(=O)N(C)C1CCCCC1)C12CC3CC(CC(C3)C1)C2. The van der Waals surface area contributed by atoms with E-state index in [0.29, 0.717) is 22.8 Å². The molecule has 0 aromatic heterocycles. The van der Waals surface area contributed by atoms with Crippen LogP contribution in [0, 0.1) is 23.2 Å². The van der Waals surface area contributed by atoms with Crippen molar-refractivity contribution in [3.05, 3.63) is 29.8 Å². The maximum atomic E-state index is 13.4. The lowest BCUT2D eigenvalue weighted by atomic mass is 9.48. The molecule has 0 heterocycles. The molecule has 1 aromatic carbocycles. The zero-order chi connectivity index (χ0) is 23.0. The predicted molar refractivity (Wildman–Crippen MR) is 134 cm³/mol. The van der Waals surface area contributed by atoms with Gasteiger partial charge < -0.3 is 10.2 Å². The molecule has 5 aliphatic carbocycles. The van der Waals surface area contributed by atoms with E-state index in [2.05, 4.69) is 12.2 Å². The summed E-state index contributed by atoms with van der Waals surface area (Å²) in [6.45, 7) is 2.24. The molecular formula is C28H40N2O2S. The zero-order valence-corrected chi connectivity index (χ0v) is 21.2. The number of amides is 2. The summed E-state index contributed by atoms with van der Waals surface area (Å²) in [5.74, 6) is 3.22. The van der Waals surface area contributed by atoms with Crippen molar-refractivity contribution in [1.82, 2.24) is 10.2 Å². The molecule has 5 fully saturated rings. The van der Waals surface area contributed by atoms with Gasteiger partial charge in [0, 0.05) is 24.0 Å². The molecule has 1 N–H and O–H groups in total. The first-order valence-electron chi connectivity index (χ1n) is 13.2. The minimum atomic E-state index is 0.0226. The number of nitrogens with zero attached hydrogens (tertiary/aromatic N) is 1. The van der Waals surface area contributed by atoms with Crippen molar-refractivity contribution in [2.75, 3.05) is 12.8 Å². The topological polar surface area (TPSA) is 49.4 Å². The molecule has 180 valence electrons. The van der Waals surface area contributed by atoms with Crippen molar-refractivity contribution < 1.29 is 9.59 Å². The number of carbonyl (C=O) groups excluding carboxylic acids is 2. The van der Waals surface area contributed by atoms with E-state index in [0.717, 1.165) is 35.5 Å². The van der Waals surface area contributed by atoms with Gasteiger partial charge in [-0.3, -0.25) is 9.59 Å². The van der Waals surface area contributed by atoms with Crippen LogP contribution in [0.15, 0.2) is 29.2 Å². The van der Waals surface area contributed by atoms with Crippen LogP contribution < -0.4 is 5.32 Å². The highest BCUT2D eigenvalue weighted by Crippen LogP contribution is 2.61. The van der Waals surface area contributed by atoms with Gasteiger partial charge in [0.15, 0.2) is 0 Å². The molecule has 4 bridgehead atoms. The Hall–Kier alpha value is -1.49. The summed E-state index contributed by atoms with van der Waals surface area (Å²) >= 11 is 1.51. The Balaban J connectivity index is 1.21. The smallest absolute Gasteiger partial charge is 0.252 e. The van der Waals surface area contributed by atoms with Crippen molar-refractivity contribution in [2.45, 2.75) is 94.5 Å². The van der Waals surface area contributed by atoms with E-state index in [1.165, 1.54) is 69.5 Å². The normalized spacial score (nSPS) is 31.9. The third-order valence-corrected chi connectivity index (χ3v) is 10.4. The van der Waals surface area contributed by atoms with Crippen LogP contribution in [0.1, 0.15) is 87.9 Å². The summed E-state index contributed by atoms with van der Waals surface area (Å²) in [4.78, 5) is 29.1. The van der Waals surface area contributed by atoms with Crippen molar-refractivity contribution in [2.24, 2.45) is 23.2 Å². The van der Waals surface area contributed by atoms with E-state index in [1.807, 2.05) is 36.2 Å². The Kier molecular flexibility index (Phi) is 6.79. The molecule has 4 nitrogen and oxygen atoms in total. The highest BCUT2D eigenvalue weighted by molar-refractivity contribution is 8.00. The number of hydrogen-bond acceptors (Lipinski definition) is 3. The van der Waals surface area contributed by atoms with Crippen molar-refractivity contribution in [1.29, 1.82) is 0 Å². The molecule has 1 aromatic rings. The maximum absolute atomic E-state index is 13.4. The number of carbonyl (C=O) groups is 2. The summed E-state index contributed by atoms with van der Waals surface area (Å²) in [6.07, 6.45) is 14.1. The average Bonchev–Trinajstić information content (AvgIpc) is 2.82. The first kappa shape index (κ1) is 23.3. The molecule has 5 saturated carbocycles. The highest BCUT2D eigenvalue weighted by Gasteiger charge is 2.53. The molecule has 1 atom stereocenters. The van der Waals surface area contributed by atoms with Crippen LogP contribution in [-0.4, -0.2) is 41.6 Å². The standard InChI is InChI=1S/C28H40N2O2S/c1-19(28-15-20-12-21(16-28)14-22(13-20)17-28)29-27(32)24-10-6-7-11-25(24)33-18-26(31)30(2)23-8-4-3-5-9-23/h6-7,10-11,19-23H,3-5,8-9,12-18H2,1-2H3,(H,29,32)/t19-,20?,21?,22?,28?/m0/s1. The summed E-state index contributed by atoms with van der Waals surface area (Å²) in [6, 6.07) is 8.39. The van der Waals surface area contributed by atoms with Crippen LogP contribution in [0.3, 0.4) is 0 Å². The van der Waals surface area contributed by atoms with Gasteiger partial charge in [0.25, 0.3) is 5.91 Å². The second kappa shape index (κ2) is 9.64. The largest absolute Gasteiger partial charge is 0.349 e. The first-order chi connectivity index (χ1) is 15.9. The molecule has 5 heteroatoms. The third-order valence-electron chi connectivity index (χ3n) is 9.35. The van der Waals surface area contributed by atoms with Crippen molar-refractivity contribution in [3.63, 3.8) is 0 Å². The van der Waals surface area contributed by atoms with Crippen molar-refractivity contribution in [3.8, 4) is 0 Å². The van der Waals surface area contributed by atoms with Gasteiger partial charge in [-0.1, -0.05) is 31.4 Å². The predicted octanol–water partition coefficient (Wildman–Crippen LogP) is 5.90. The molecule has 0 spiro atoms. The third kappa shape index (κ3) is 4.85. The summed E-state index contributed by atoms with van der Waals surface area (Å²) in [5, 5.41) is 3.41. The Morgan fingerprint density at radius 3 is 2.27 bits per heavy atom. The van der Waals surface area contributed by atoms with E-state index in [9.17, 15) is 9.59 Å². The Labute approximate surface area is 203 Å². The van der Waals surface area contributed by atoms with E-state index < -0.39 is 0 Å². The molecule has 2 amide bonds. The van der Waals surface area contributed by atoms with E-state index >= 15 is 0 Å². The van der Waals surface area contributed by atoms with Gasteiger partial charge in [0.1, 0.15) is 0 Å². The number of rotatable bonds is 7. The summed E-state index contributed by atoms with van der Waals surface area (Å²) in [7, 11) is 1.95. The van der Waals surface area contributed by atoms with Crippen LogP contribution in [0.4, 0.5) is 0 Å². The quantitative estimate of drug-likeness (QED) is 0.507. The minimum absolute atomic E-state index is 0.0226. The second-order valence-electron chi connectivity index (χ2n) is 11.6. The Morgan fingerprint density at radius 2 is 1.64 bits per heavy atom. The monoisotopic (exact) mass is 468 g/mol. The summed E-state index contributed by atoms with van der Waals surface area (Å²) < 4.78 is 0. The Bertz CT molecular complexity index is 843. The molecule has 5 aliphatic rings. The fraction of sp³-hybridized carbons (Fsp3) is 0.714. The van der Waals surface area contributed by atoms with Crippen LogP contribution in [0.2, 0.25) is 0 Å². The lowest BCUT2D eigenvalue weighted by Gasteiger charge is -2.59. The van der Waals surface area contributed by atoms with E-state index in [4.69, 9.17) is 0 Å². The van der Waals surface area contributed by atoms with Gasteiger partial charge in [0.2, 0.25) is 5.91 Å². The van der Waals surface area contributed by atoms with Crippen LogP contribution in [0.25, 0.3) is 0 Å². The fourth-order valence-electron chi connectivity index (χ4n) is 7.83. The van der Waals surface area contributed by atoms with Crippen LogP contribution >= 0.6 is 11.8 Å². The van der Waals surface area contributed by atoms with Crippen LogP contribution in [0.5, 0.6) is 0 Å². The van der Waals surface area contributed by atoms with Gasteiger partial charge in [0.05, 0.1) is 11.3 Å². The lowest BCUT2D eigenvalue weighted by molar-refractivity contribution is -0.129. The van der Waals surface area contributed by atoms with E-state index in [-0.39, 0.29) is 17.9 Å². The summed E-state index contributed by atoms with van der Waals surface area (Å²) in [5.41, 5.74) is 1.01. The van der Waals surface area contributed by atoms with Gasteiger partial charge in [-0.05, 0) is 93.6 Å². The number of hydrogen-bond donors (Lipinski definition) is 1. The minimum Gasteiger partial charge on any atom is -0.349 e. The average molecular weight is 469 g/mol. The molecule has 0 radical (unpaired) electrons. The molecule has 6 rings (SSSR count). The molecular weight excluding hydrogens is 428 g/mol. The fourth-order valence-corrected chi connectivity index (χ4v) is 8.80. The van der Waals surface area contributed by atoms with Gasteiger partial charge in [-0.25, -0.2) is 0 Å². The molecule has 0 saturated heterocycles. The number of thioether (sulfide) groups is 1. The van der Waals surface area contributed by atoms with Gasteiger partial charge in [-0.2, -0.15) is 0 Å². The van der Waals surface area contributed by atoms with Crippen LogP contribution in [-0.2, 0) is 4.79 Å². The second-order valence-corrected chi connectivity index (χ2v) is 12.6. The molecule has 0 aliphatic heterocycles. The zero-order valence-electron chi connectivity index (χ0n) is 20.4. The number of nitrogens with one attached hydrogen (secondary N) is 1. The number of benzene rings is 1. The van der Waals surface area contributed by atoms with Gasteiger partial charge >= 0.3 is 0 Å². The Morgan fingerprint density at radius 1 is 1.03 bits per heavy atom. The van der Waals surface area contributed by atoms with E-state index in [1.54, 1.807) is 0 Å². The van der Waals surface area contributed by atoms with Crippen molar-refractivity contribution >= 4 is 23.6 Å². The first-order valence-corrected chi connectivity index (χ1v) is 14.2. The van der Waals surface area contributed by atoms with Gasteiger partial charge in [-0.15, -0.1) is 11.8 Å². The molecule has 0 unspecified atom stereocenters.